The summed E-state index contributed by atoms with van der Waals surface area (Å²) in [6.45, 7) is -1.03. The van der Waals surface area contributed by atoms with Gasteiger partial charge in [-0.15, -0.1) is 0 Å². The van der Waals surface area contributed by atoms with Crippen molar-refractivity contribution in [2.24, 2.45) is 0 Å². The maximum atomic E-state index is 12.1. The number of H-pyrrole nitrogens is 1. The van der Waals surface area contributed by atoms with Gasteiger partial charge in [0.2, 0.25) is 5.91 Å². The zero-order valence-corrected chi connectivity index (χ0v) is 13.9. The van der Waals surface area contributed by atoms with E-state index in [9.17, 15) is 13.6 Å². The third-order valence-electron chi connectivity index (χ3n) is 3.71. The lowest BCUT2D eigenvalue weighted by molar-refractivity contribution is -0.117. The highest BCUT2D eigenvalue weighted by Crippen LogP contribution is 2.17. The normalized spacial score (nSPS) is 12.6. The molecule has 3 aromatic rings. The molecule has 1 amide bonds. The molecule has 0 fully saturated rings. The molecule has 134 valence electrons. The number of halogens is 2. The molecule has 2 N–H and O–H groups in total. The van der Waals surface area contributed by atoms with Gasteiger partial charge in [-0.1, -0.05) is 24.3 Å². The highest BCUT2D eigenvalue weighted by molar-refractivity contribution is 5.92. The lowest BCUT2D eigenvalue weighted by Crippen LogP contribution is -2.25. The number of benzene rings is 2. The van der Waals surface area contributed by atoms with Crippen LogP contribution >= 0.6 is 0 Å². The quantitative estimate of drug-likeness (QED) is 0.654. The second kappa shape index (κ2) is 7.77. The van der Waals surface area contributed by atoms with Crippen molar-refractivity contribution >= 4 is 23.0 Å². The van der Waals surface area contributed by atoms with Gasteiger partial charge in [-0.3, -0.25) is 4.79 Å². The molecule has 0 saturated heterocycles. The van der Waals surface area contributed by atoms with Crippen molar-refractivity contribution in [1.82, 2.24) is 15.3 Å². The standard InChI is InChI=1S/C19H17F2N3O2/c1-12(18-23-15-4-2-3-5-16(15)24-18)22-17(25)11-8-13-6-9-14(10-7-13)26-19(20)21/h2-12,19H,1H3,(H,22,25)(H,23,24)/b11-8+. The average molecular weight is 357 g/mol. The van der Waals surface area contributed by atoms with Crippen LogP contribution in [0.15, 0.2) is 54.6 Å². The SMILES string of the molecule is CC(NC(=O)/C=C/c1ccc(OC(F)F)cc1)c1nc2ccccc2[nH]1. The van der Waals surface area contributed by atoms with Gasteiger partial charge in [0, 0.05) is 6.08 Å². The first-order valence-corrected chi connectivity index (χ1v) is 7.99. The van der Waals surface area contributed by atoms with E-state index in [-0.39, 0.29) is 17.7 Å². The topological polar surface area (TPSA) is 67.0 Å². The molecule has 0 saturated carbocycles. The molecule has 0 bridgehead atoms. The zero-order chi connectivity index (χ0) is 18.5. The molecule has 2 aromatic carbocycles. The summed E-state index contributed by atoms with van der Waals surface area (Å²) in [6, 6.07) is 13.3. The van der Waals surface area contributed by atoms with Gasteiger partial charge in [-0.05, 0) is 42.8 Å². The molecule has 5 nitrogen and oxygen atoms in total. The fourth-order valence-corrected chi connectivity index (χ4v) is 2.44. The minimum absolute atomic E-state index is 0.0695. The Balaban J connectivity index is 1.59. The largest absolute Gasteiger partial charge is 0.435 e. The van der Waals surface area contributed by atoms with Crippen LogP contribution in [0.2, 0.25) is 0 Å². The van der Waals surface area contributed by atoms with Gasteiger partial charge < -0.3 is 15.0 Å². The summed E-state index contributed by atoms with van der Waals surface area (Å²) in [5.41, 5.74) is 2.44. The predicted molar refractivity (Wildman–Crippen MR) is 94.8 cm³/mol. The Morgan fingerprint density at radius 1 is 1.19 bits per heavy atom. The van der Waals surface area contributed by atoms with Gasteiger partial charge in [-0.25, -0.2) is 4.98 Å². The van der Waals surface area contributed by atoms with E-state index in [1.807, 2.05) is 31.2 Å². The fourth-order valence-electron chi connectivity index (χ4n) is 2.44. The van der Waals surface area contributed by atoms with Crippen LogP contribution in [0.3, 0.4) is 0 Å². The molecule has 0 spiro atoms. The number of rotatable bonds is 6. The number of aromatic amines is 1. The number of hydrogen-bond acceptors (Lipinski definition) is 3. The monoisotopic (exact) mass is 357 g/mol. The van der Waals surface area contributed by atoms with Crippen molar-refractivity contribution < 1.29 is 18.3 Å². The van der Waals surface area contributed by atoms with Crippen molar-refractivity contribution in [2.75, 3.05) is 0 Å². The maximum absolute atomic E-state index is 12.1. The number of fused-ring (bicyclic) bond motifs is 1. The molecule has 1 aromatic heterocycles. The Morgan fingerprint density at radius 3 is 2.62 bits per heavy atom. The number of imidazole rings is 1. The minimum atomic E-state index is -2.86. The Kier molecular flexibility index (Phi) is 5.26. The summed E-state index contributed by atoms with van der Waals surface area (Å²) in [4.78, 5) is 19.7. The maximum Gasteiger partial charge on any atom is 0.387 e. The van der Waals surface area contributed by atoms with Gasteiger partial charge in [0.15, 0.2) is 0 Å². The van der Waals surface area contributed by atoms with Crippen molar-refractivity contribution in [2.45, 2.75) is 19.6 Å². The molecule has 0 radical (unpaired) electrons. The molecule has 1 heterocycles. The number of nitrogens with zero attached hydrogens (tertiary/aromatic N) is 1. The van der Waals surface area contributed by atoms with Crippen LogP contribution < -0.4 is 10.1 Å². The van der Waals surface area contributed by atoms with Gasteiger partial charge in [0.25, 0.3) is 0 Å². The summed E-state index contributed by atoms with van der Waals surface area (Å²) in [6.07, 6.45) is 2.97. The molecule has 26 heavy (non-hydrogen) atoms. The molecule has 0 aliphatic heterocycles. The van der Waals surface area contributed by atoms with E-state index in [0.29, 0.717) is 11.4 Å². The van der Waals surface area contributed by atoms with E-state index >= 15 is 0 Å². The summed E-state index contributed by atoms with van der Waals surface area (Å²) in [7, 11) is 0. The number of para-hydroxylation sites is 2. The van der Waals surface area contributed by atoms with Gasteiger partial charge in [-0.2, -0.15) is 8.78 Å². The smallest absolute Gasteiger partial charge is 0.387 e. The Morgan fingerprint density at radius 2 is 1.92 bits per heavy atom. The minimum Gasteiger partial charge on any atom is -0.435 e. The van der Waals surface area contributed by atoms with E-state index in [4.69, 9.17) is 0 Å². The van der Waals surface area contributed by atoms with Crippen LogP contribution in [0, 0.1) is 0 Å². The second-order valence-electron chi connectivity index (χ2n) is 5.65. The lowest BCUT2D eigenvalue weighted by atomic mass is 10.2. The van der Waals surface area contributed by atoms with Crippen LogP contribution in [-0.4, -0.2) is 22.5 Å². The highest BCUT2D eigenvalue weighted by atomic mass is 19.3. The first-order chi connectivity index (χ1) is 12.5. The Hall–Kier alpha value is -3.22. The molecule has 0 aliphatic rings. The first-order valence-electron chi connectivity index (χ1n) is 7.99. The zero-order valence-electron chi connectivity index (χ0n) is 13.9. The molecule has 0 aliphatic carbocycles. The van der Waals surface area contributed by atoms with Crippen LogP contribution in [-0.2, 0) is 4.79 Å². The number of nitrogens with one attached hydrogen (secondary N) is 2. The Bertz CT molecular complexity index is 887. The van der Waals surface area contributed by atoms with Gasteiger partial charge in [0.05, 0.1) is 17.1 Å². The summed E-state index contributed by atoms with van der Waals surface area (Å²) in [5.74, 6) is 0.451. The molecular formula is C19H17F2N3O2. The number of ether oxygens (including phenoxy) is 1. The number of hydrogen-bond donors (Lipinski definition) is 2. The third kappa shape index (κ3) is 4.44. The molecule has 7 heteroatoms. The third-order valence-corrected chi connectivity index (χ3v) is 3.71. The number of aromatic nitrogens is 2. The Labute approximate surface area is 148 Å². The molecule has 1 unspecified atom stereocenters. The number of carbonyl (C=O) groups is 1. The molecule has 3 rings (SSSR count). The average Bonchev–Trinajstić information content (AvgIpc) is 3.05. The van der Waals surface area contributed by atoms with Gasteiger partial charge >= 0.3 is 6.61 Å². The predicted octanol–water partition coefficient (Wildman–Crippen LogP) is 4.05. The number of carbonyl (C=O) groups excluding carboxylic acids is 1. The number of alkyl halides is 2. The molecule has 1 atom stereocenters. The van der Waals surface area contributed by atoms with E-state index in [0.717, 1.165) is 11.0 Å². The highest BCUT2D eigenvalue weighted by Gasteiger charge is 2.12. The molecular weight excluding hydrogens is 340 g/mol. The second-order valence-corrected chi connectivity index (χ2v) is 5.65. The number of amides is 1. The van der Waals surface area contributed by atoms with Crippen molar-refractivity contribution in [3.8, 4) is 5.75 Å². The van der Waals surface area contributed by atoms with Crippen LogP contribution in [0.4, 0.5) is 8.78 Å². The van der Waals surface area contributed by atoms with Crippen LogP contribution in [0.1, 0.15) is 24.4 Å². The van der Waals surface area contributed by atoms with Gasteiger partial charge in [0.1, 0.15) is 11.6 Å². The van der Waals surface area contributed by atoms with E-state index in [1.54, 1.807) is 18.2 Å². The van der Waals surface area contributed by atoms with E-state index < -0.39 is 6.61 Å². The van der Waals surface area contributed by atoms with Crippen molar-refractivity contribution in [3.05, 3.63) is 66.0 Å². The fraction of sp³-hybridized carbons (Fsp3) is 0.158. The lowest BCUT2D eigenvalue weighted by Gasteiger charge is -2.09. The van der Waals surface area contributed by atoms with E-state index in [2.05, 4.69) is 20.0 Å². The summed E-state index contributed by atoms with van der Waals surface area (Å²) in [5, 5.41) is 2.82. The van der Waals surface area contributed by atoms with Crippen LogP contribution in [0.5, 0.6) is 5.75 Å². The first kappa shape index (κ1) is 17.6. The van der Waals surface area contributed by atoms with Crippen molar-refractivity contribution in [3.63, 3.8) is 0 Å². The summed E-state index contributed by atoms with van der Waals surface area (Å²) < 4.78 is 28.5. The van der Waals surface area contributed by atoms with E-state index in [1.165, 1.54) is 18.2 Å². The summed E-state index contributed by atoms with van der Waals surface area (Å²) >= 11 is 0. The van der Waals surface area contributed by atoms with Crippen molar-refractivity contribution in [1.29, 1.82) is 0 Å². The van der Waals surface area contributed by atoms with Crippen LogP contribution in [0.25, 0.3) is 17.1 Å².